The molecule has 1 aromatic rings. The molecule has 1 aliphatic rings. The smallest absolute Gasteiger partial charge is 0.341 e. The second kappa shape index (κ2) is 8.41. The first-order valence-electron chi connectivity index (χ1n) is 9.43. The Morgan fingerprint density at radius 3 is 2.71 bits per heavy atom. The number of hydrogen-bond acceptors (Lipinski definition) is 5. The molecule has 3 atom stereocenters. The van der Waals surface area contributed by atoms with Crippen molar-refractivity contribution in [1.82, 2.24) is 9.78 Å². The van der Waals surface area contributed by atoms with Crippen molar-refractivity contribution in [3.05, 3.63) is 30.1 Å². The van der Waals surface area contributed by atoms with Gasteiger partial charge in [0, 0.05) is 6.42 Å². The van der Waals surface area contributed by atoms with Crippen molar-refractivity contribution in [2.24, 2.45) is 11.3 Å². The van der Waals surface area contributed by atoms with Gasteiger partial charge in [0.15, 0.2) is 0 Å². The van der Waals surface area contributed by atoms with Crippen molar-refractivity contribution in [1.29, 1.82) is 0 Å². The van der Waals surface area contributed by atoms with Crippen LogP contribution in [-0.4, -0.2) is 35.4 Å². The predicted molar refractivity (Wildman–Crippen MR) is 99.1 cm³/mol. The van der Waals surface area contributed by atoms with Crippen LogP contribution in [0.3, 0.4) is 0 Å². The maximum atomic E-state index is 14.7. The fourth-order valence-corrected chi connectivity index (χ4v) is 3.96. The van der Waals surface area contributed by atoms with Gasteiger partial charge in [-0.2, -0.15) is 13.9 Å². The molecule has 0 saturated heterocycles. The van der Waals surface area contributed by atoms with Crippen LogP contribution in [0.25, 0.3) is 0 Å². The lowest BCUT2D eigenvalue weighted by molar-refractivity contribution is -0.157. The van der Waals surface area contributed by atoms with Crippen molar-refractivity contribution in [3.63, 3.8) is 0 Å². The second-order valence-electron chi connectivity index (χ2n) is 7.64. The predicted octanol–water partition coefficient (Wildman–Crippen LogP) is 4.27. The lowest BCUT2D eigenvalue weighted by Crippen LogP contribution is -2.40. The number of rotatable bonds is 7. The quantitative estimate of drug-likeness (QED) is 0.507. The Morgan fingerprint density at radius 1 is 1.50 bits per heavy atom. The van der Waals surface area contributed by atoms with Gasteiger partial charge in [-0.3, -0.25) is 9.48 Å². The molecule has 0 N–H and O–H groups in total. The van der Waals surface area contributed by atoms with Crippen LogP contribution in [-0.2, 0) is 20.2 Å². The van der Waals surface area contributed by atoms with Gasteiger partial charge in [-0.25, -0.2) is 4.79 Å². The van der Waals surface area contributed by atoms with E-state index >= 15 is 0 Å². The average Bonchev–Trinajstić information content (AvgIpc) is 3.11. The van der Waals surface area contributed by atoms with E-state index in [2.05, 4.69) is 16.4 Å². The Morgan fingerprint density at radius 2 is 2.18 bits per heavy atom. The SMILES string of the molecule is C=CCOC(=O)C1(C)CCC(n2ncc(C(=O)OC)c2C(F)(F)CC)C(C)C1. The molecule has 1 aliphatic carbocycles. The summed E-state index contributed by atoms with van der Waals surface area (Å²) in [6.07, 6.45) is 3.60. The van der Waals surface area contributed by atoms with Crippen LogP contribution in [0.1, 0.15) is 68.5 Å². The third-order valence-corrected chi connectivity index (χ3v) is 5.55. The summed E-state index contributed by atoms with van der Waals surface area (Å²) < 4.78 is 40.5. The summed E-state index contributed by atoms with van der Waals surface area (Å²) in [7, 11) is 1.15. The largest absolute Gasteiger partial charge is 0.465 e. The van der Waals surface area contributed by atoms with E-state index in [0.717, 1.165) is 13.3 Å². The van der Waals surface area contributed by atoms with Gasteiger partial charge in [0.05, 0.1) is 24.8 Å². The molecule has 2 rings (SSSR count). The van der Waals surface area contributed by atoms with E-state index in [1.54, 1.807) is 0 Å². The van der Waals surface area contributed by atoms with Crippen molar-refractivity contribution >= 4 is 11.9 Å². The highest BCUT2D eigenvalue weighted by molar-refractivity contribution is 5.90. The summed E-state index contributed by atoms with van der Waals surface area (Å²) in [5, 5.41) is 4.12. The number of ether oxygens (including phenoxy) is 2. The molecular formula is C20H28F2N2O4. The van der Waals surface area contributed by atoms with E-state index in [0.29, 0.717) is 19.3 Å². The zero-order chi connectivity index (χ0) is 21.1. The molecule has 156 valence electrons. The Hall–Kier alpha value is -2.25. The molecule has 0 radical (unpaired) electrons. The second-order valence-corrected chi connectivity index (χ2v) is 7.64. The third-order valence-electron chi connectivity index (χ3n) is 5.55. The molecule has 1 fully saturated rings. The molecule has 1 aromatic heterocycles. The fourth-order valence-electron chi connectivity index (χ4n) is 3.96. The van der Waals surface area contributed by atoms with Gasteiger partial charge < -0.3 is 9.47 Å². The Bertz CT molecular complexity index is 747. The van der Waals surface area contributed by atoms with Crippen LogP contribution in [0.15, 0.2) is 18.9 Å². The minimum absolute atomic E-state index is 0.119. The summed E-state index contributed by atoms with van der Waals surface area (Å²) in [6.45, 7) is 8.76. The molecule has 1 heterocycles. The monoisotopic (exact) mass is 398 g/mol. The summed E-state index contributed by atoms with van der Waals surface area (Å²) in [5.41, 5.74) is -1.33. The number of carbonyl (C=O) groups excluding carboxylic acids is 2. The lowest BCUT2D eigenvalue weighted by atomic mass is 9.69. The van der Waals surface area contributed by atoms with Crippen molar-refractivity contribution in [2.45, 2.75) is 58.4 Å². The van der Waals surface area contributed by atoms with E-state index in [9.17, 15) is 18.4 Å². The van der Waals surface area contributed by atoms with Crippen LogP contribution in [0.4, 0.5) is 8.78 Å². The zero-order valence-corrected chi connectivity index (χ0v) is 16.8. The molecule has 1 saturated carbocycles. The Balaban J connectivity index is 2.34. The molecule has 0 aromatic carbocycles. The van der Waals surface area contributed by atoms with Gasteiger partial charge in [-0.05, 0) is 32.1 Å². The van der Waals surface area contributed by atoms with Crippen LogP contribution in [0.2, 0.25) is 0 Å². The van der Waals surface area contributed by atoms with Gasteiger partial charge in [-0.1, -0.05) is 26.5 Å². The first-order chi connectivity index (χ1) is 13.1. The summed E-state index contributed by atoms with van der Waals surface area (Å²) in [5.74, 6) is -4.49. The standard InChI is InChI=1S/C20H28F2N2O4/c1-6-10-28-18(26)19(4)9-8-15(13(3)11-19)24-16(20(21,22)7-2)14(12-23-24)17(25)27-5/h6,12-13,15H,1,7-11H2,2-5H3. The molecule has 0 spiro atoms. The maximum Gasteiger partial charge on any atom is 0.341 e. The molecule has 0 aliphatic heterocycles. The third kappa shape index (κ3) is 4.10. The van der Waals surface area contributed by atoms with E-state index in [1.165, 1.54) is 17.7 Å². The number of hydrogen-bond donors (Lipinski definition) is 0. The molecule has 6 nitrogen and oxygen atoms in total. The van der Waals surface area contributed by atoms with Gasteiger partial charge in [0.25, 0.3) is 5.92 Å². The summed E-state index contributed by atoms with van der Waals surface area (Å²) in [4.78, 5) is 24.4. The van der Waals surface area contributed by atoms with E-state index in [4.69, 9.17) is 4.74 Å². The lowest BCUT2D eigenvalue weighted by Gasteiger charge is -2.40. The highest BCUT2D eigenvalue weighted by Gasteiger charge is 2.46. The molecular weight excluding hydrogens is 370 g/mol. The number of methoxy groups -OCH3 is 1. The van der Waals surface area contributed by atoms with Crippen molar-refractivity contribution < 1.29 is 27.8 Å². The van der Waals surface area contributed by atoms with Crippen molar-refractivity contribution in [3.8, 4) is 0 Å². The normalized spacial score (nSPS) is 25.2. The van der Waals surface area contributed by atoms with E-state index in [-0.39, 0.29) is 30.1 Å². The number of halogens is 2. The first-order valence-corrected chi connectivity index (χ1v) is 9.43. The highest BCUT2D eigenvalue weighted by atomic mass is 19.3. The minimum Gasteiger partial charge on any atom is -0.465 e. The van der Waals surface area contributed by atoms with Crippen LogP contribution < -0.4 is 0 Å². The zero-order valence-electron chi connectivity index (χ0n) is 16.8. The number of carbonyl (C=O) groups is 2. The molecule has 8 heteroatoms. The first kappa shape index (κ1) is 22.0. The van der Waals surface area contributed by atoms with Crippen LogP contribution in [0, 0.1) is 11.3 Å². The topological polar surface area (TPSA) is 70.4 Å². The van der Waals surface area contributed by atoms with E-state index < -0.39 is 29.4 Å². The van der Waals surface area contributed by atoms with Crippen LogP contribution in [0.5, 0.6) is 0 Å². The Kier molecular flexibility index (Phi) is 6.62. The van der Waals surface area contributed by atoms with E-state index in [1.807, 2.05) is 13.8 Å². The molecule has 0 amide bonds. The number of alkyl halides is 2. The minimum atomic E-state index is -3.22. The fraction of sp³-hybridized carbons (Fsp3) is 0.650. The van der Waals surface area contributed by atoms with Gasteiger partial charge >= 0.3 is 11.9 Å². The molecule has 28 heavy (non-hydrogen) atoms. The van der Waals surface area contributed by atoms with Crippen LogP contribution >= 0.6 is 0 Å². The number of esters is 2. The highest BCUT2D eigenvalue weighted by Crippen LogP contribution is 2.47. The van der Waals surface area contributed by atoms with Crippen molar-refractivity contribution in [2.75, 3.05) is 13.7 Å². The van der Waals surface area contributed by atoms with Gasteiger partial charge in [0.2, 0.25) is 0 Å². The summed E-state index contributed by atoms with van der Waals surface area (Å²) >= 11 is 0. The average molecular weight is 398 g/mol. The maximum absolute atomic E-state index is 14.7. The molecule has 0 bridgehead atoms. The molecule has 3 unspecified atom stereocenters. The summed E-state index contributed by atoms with van der Waals surface area (Å²) in [6, 6.07) is -0.355. The number of aromatic nitrogens is 2. The number of nitrogens with zero attached hydrogens (tertiary/aromatic N) is 2. The van der Waals surface area contributed by atoms with Gasteiger partial charge in [0.1, 0.15) is 17.9 Å². The Labute approximate surface area is 163 Å². The van der Waals surface area contributed by atoms with Gasteiger partial charge in [-0.15, -0.1) is 0 Å².